The molecule has 0 aromatic heterocycles. The summed E-state index contributed by atoms with van der Waals surface area (Å²) in [5.74, 6) is 0.0664. The monoisotopic (exact) mass is 198 g/mol. The molecule has 0 saturated heterocycles. The Bertz CT molecular complexity index is 329. The molecule has 0 saturated carbocycles. The average molecular weight is 198 g/mol. The SMILES string of the molecule is [B]c1ccc(C(C)C)cc1C(F)(F)F. The molecule has 1 rings (SSSR count). The van der Waals surface area contributed by atoms with Crippen LogP contribution in [0.15, 0.2) is 18.2 Å². The van der Waals surface area contributed by atoms with Gasteiger partial charge in [-0.25, -0.2) is 0 Å². The Morgan fingerprint density at radius 1 is 1.21 bits per heavy atom. The maximum Gasteiger partial charge on any atom is 0.415 e. The van der Waals surface area contributed by atoms with Gasteiger partial charge in [0.25, 0.3) is 0 Å². The molecule has 0 amide bonds. The lowest BCUT2D eigenvalue weighted by Crippen LogP contribution is -2.20. The molecule has 0 bridgehead atoms. The maximum absolute atomic E-state index is 12.4. The van der Waals surface area contributed by atoms with Crippen LogP contribution in [0, 0.1) is 0 Å². The van der Waals surface area contributed by atoms with Crippen LogP contribution in [0.2, 0.25) is 0 Å². The van der Waals surface area contributed by atoms with Crippen LogP contribution < -0.4 is 5.46 Å². The predicted molar refractivity (Wildman–Crippen MR) is 50.9 cm³/mol. The zero-order valence-corrected chi connectivity index (χ0v) is 8.02. The summed E-state index contributed by atoms with van der Waals surface area (Å²) in [4.78, 5) is 0. The second-order valence-corrected chi connectivity index (χ2v) is 3.50. The minimum Gasteiger partial charge on any atom is -0.166 e. The van der Waals surface area contributed by atoms with Crippen LogP contribution in [0.1, 0.15) is 30.9 Å². The number of alkyl halides is 3. The van der Waals surface area contributed by atoms with Gasteiger partial charge in [0.2, 0.25) is 0 Å². The third-order valence-corrected chi connectivity index (χ3v) is 2.05. The van der Waals surface area contributed by atoms with Gasteiger partial charge < -0.3 is 0 Å². The summed E-state index contributed by atoms with van der Waals surface area (Å²) in [6.07, 6.45) is -4.37. The summed E-state index contributed by atoms with van der Waals surface area (Å²) in [5, 5.41) is 0. The molecule has 0 aliphatic rings. The van der Waals surface area contributed by atoms with Crippen molar-refractivity contribution in [3.63, 3.8) is 0 Å². The Labute approximate surface area is 82.5 Å². The van der Waals surface area contributed by atoms with Gasteiger partial charge >= 0.3 is 6.18 Å². The summed E-state index contributed by atoms with van der Waals surface area (Å²) < 4.78 is 37.2. The van der Waals surface area contributed by atoms with Gasteiger partial charge in [-0.05, 0) is 17.5 Å². The lowest BCUT2D eigenvalue weighted by atomic mass is 9.87. The van der Waals surface area contributed by atoms with E-state index in [1.165, 1.54) is 6.07 Å². The molecule has 0 fully saturated rings. The van der Waals surface area contributed by atoms with Gasteiger partial charge in [0.05, 0.1) is 0 Å². The number of halogens is 3. The van der Waals surface area contributed by atoms with E-state index in [4.69, 9.17) is 7.85 Å². The molecule has 4 heteroatoms. The van der Waals surface area contributed by atoms with Crippen LogP contribution >= 0.6 is 0 Å². The highest BCUT2D eigenvalue weighted by molar-refractivity contribution is 6.33. The maximum atomic E-state index is 12.4. The van der Waals surface area contributed by atoms with Gasteiger partial charge in [-0.3, -0.25) is 0 Å². The van der Waals surface area contributed by atoms with E-state index >= 15 is 0 Å². The number of benzene rings is 1. The molecule has 0 N–H and O–H groups in total. The lowest BCUT2D eigenvalue weighted by molar-refractivity contribution is -0.136. The van der Waals surface area contributed by atoms with Crippen molar-refractivity contribution in [2.24, 2.45) is 0 Å². The molecule has 0 heterocycles. The van der Waals surface area contributed by atoms with Crippen molar-refractivity contribution in [3.8, 4) is 0 Å². The molecule has 14 heavy (non-hydrogen) atoms. The van der Waals surface area contributed by atoms with Gasteiger partial charge in [-0.2, -0.15) is 13.2 Å². The van der Waals surface area contributed by atoms with E-state index in [0.717, 1.165) is 6.07 Å². The fourth-order valence-electron chi connectivity index (χ4n) is 1.18. The van der Waals surface area contributed by atoms with Crippen molar-refractivity contribution >= 4 is 13.3 Å². The van der Waals surface area contributed by atoms with Crippen molar-refractivity contribution in [3.05, 3.63) is 29.3 Å². The highest BCUT2D eigenvalue weighted by Gasteiger charge is 2.32. The van der Waals surface area contributed by atoms with Crippen molar-refractivity contribution in [1.29, 1.82) is 0 Å². The molecule has 1 aromatic carbocycles. The van der Waals surface area contributed by atoms with E-state index in [2.05, 4.69) is 0 Å². The molecule has 0 aliphatic carbocycles. The first-order valence-electron chi connectivity index (χ1n) is 4.29. The van der Waals surface area contributed by atoms with E-state index in [9.17, 15) is 13.2 Å². The van der Waals surface area contributed by atoms with E-state index in [1.54, 1.807) is 6.07 Å². The largest absolute Gasteiger partial charge is 0.415 e. The van der Waals surface area contributed by atoms with Crippen LogP contribution in [0.25, 0.3) is 0 Å². The van der Waals surface area contributed by atoms with Crippen LogP contribution in [0.3, 0.4) is 0 Å². The number of hydrogen-bond acceptors (Lipinski definition) is 0. The van der Waals surface area contributed by atoms with Crippen molar-refractivity contribution in [1.82, 2.24) is 0 Å². The molecule has 0 nitrogen and oxygen atoms in total. The van der Waals surface area contributed by atoms with Crippen LogP contribution in [0.4, 0.5) is 13.2 Å². The predicted octanol–water partition coefficient (Wildman–Crippen LogP) is 2.62. The van der Waals surface area contributed by atoms with Crippen molar-refractivity contribution < 1.29 is 13.2 Å². The Morgan fingerprint density at radius 2 is 1.79 bits per heavy atom. The lowest BCUT2D eigenvalue weighted by Gasteiger charge is -2.13. The standard InChI is InChI=1S/C10H10BF3/c1-6(2)7-3-4-9(11)8(5-7)10(12,13)14/h3-6H,1-2H3. The molecule has 0 unspecified atom stereocenters. The number of rotatable bonds is 1. The summed E-state index contributed by atoms with van der Waals surface area (Å²) >= 11 is 0. The molecular weight excluding hydrogens is 188 g/mol. The summed E-state index contributed by atoms with van der Waals surface area (Å²) in [6.45, 7) is 3.68. The first-order chi connectivity index (χ1) is 6.32. The molecule has 0 aliphatic heterocycles. The molecular formula is C10H10BF3. The highest BCUT2D eigenvalue weighted by atomic mass is 19.4. The summed E-state index contributed by atoms with van der Waals surface area (Å²) in [6, 6.07) is 4.04. The topological polar surface area (TPSA) is 0 Å². The van der Waals surface area contributed by atoms with E-state index in [-0.39, 0.29) is 11.4 Å². The smallest absolute Gasteiger partial charge is 0.166 e. The summed E-state index contributed by atoms with van der Waals surface area (Å²) in [7, 11) is 5.26. The van der Waals surface area contributed by atoms with Crippen LogP contribution in [-0.4, -0.2) is 7.85 Å². The third-order valence-electron chi connectivity index (χ3n) is 2.05. The van der Waals surface area contributed by atoms with Gasteiger partial charge in [0.1, 0.15) is 7.85 Å². The van der Waals surface area contributed by atoms with Gasteiger partial charge in [-0.1, -0.05) is 31.4 Å². The zero-order valence-electron chi connectivity index (χ0n) is 8.02. The van der Waals surface area contributed by atoms with Gasteiger partial charge in [0, 0.05) is 5.56 Å². The van der Waals surface area contributed by atoms with E-state index < -0.39 is 11.7 Å². The fraction of sp³-hybridized carbons (Fsp3) is 0.400. The Balaban J connectivity index is 3.22. The zero-order chi connectivity index (χ0) is 10.9. The molecule has 74 valence electrons. The van der Waals surface area contributed by atoms with Gasteiger partial charge in [0.15, 0.2) is 0 Å². The minimum absolute atomic E-state index is 0.0664. The molecule has 0 atom stereocenters. The third kappa shape index (κ3) is 2.31. The Kier molecular flexibility index (Phi) is 2.93. The second-order valence-electron chi connectivity index (χ2n) is 3.50. The first kappa shape index (κ1) is 11.2. The fourth-order valence-corrected chi connectivity index (χ4v) is 1.18. The van der Waals surface area contributed by atoms with E-state index in [0.29, 0.717) is 5.56 Å². The number of hydrogen-bond donors (Lipinski definition) is 0. The van der Waals surface area contributed by atoms with Crippen molar-refractivity contribution in [2.45, 2.75) is 25.9 Å². The van der Waals surface area contributed by atoms with Crippen molar-refractivity contribution in [2.75, 3.05) is 0 Å². The highest BCUT2D eigenvalue weighted by Crippen LogP contribution is 2.29. The van der Waals surface area contributed by atoms with Crippen LogP contribution in [0.5, 0.6) is 0 Å². The Morgan fingerprint density at radius 3 is 2.21 bits per heavy atom. The molecule has 2 radical (unpaired) electrons. The first-order valence-corrected chi connectivity index (χ1v) is 4.29. The van der Waals surface area contributed by atoms with E-state index in [1.807, 2.05) is 13.8 Å². The second kappa shape index (κ2) is 3.68. The molecule has 0 spiro atoms. The molecule has 1 aromatic rings. The average Bonchev–Trinajstić information content (AvgIpc) is 2.02. The quantitative estimate of drug-likeness (QED) is 0.608. The summed E-state index contributed by atoms with van der Waals surface area (Å²) in [5.41, 5.74) is -0.322. The van der Waals surface area contributed by atoms with Crippen LogP contribution in [-0.2, 0) is 6.18 Å². The minimum atomic E-state index is -4.37. The van der Waals surface area contributed by atoms with Gasteiger partial charge in [-0.15, -0.1) is 0 Å². The normalized spacial score (nSPS) is 12.1. The Hall–Kier alpha value is -0.925.